The molecule has 0 aliphatic heterocycles. The standard InChI is InChI=1S/C32H40ClN3O6S/c1-6-8-18-34-32(38)28(7-2)35(21-24-10-9-11-26(19-24)41-4)31(37)22-36(29-20-25(33)14-17-30(29)42-5)43(39,40)27-15-12-23(3)13-16-27/h9-17,19-20,28H,6-8,18,21-22H2,1-5H3,(H,34,38). The van der Waals surface area contributed by atoms with E-state index in [9.17, 15) is 18.0 Å². The summed E-state index contributed by atoms with van der Waals surface area (Å²) in [5.41, 5.74) is 1.71. The molecule has 0 fully saturated rings. The third-order valence-corrected chi connectivity index (χ3v) is 9.01. The molecule has 11 heteroatoms. The van der Waals surface area contributed by atoms with Gasteiger partial charge < -0.3 is 19.7 Å². The summed E-state index contributed by atoms with van der Waals surface area (Å²) in [7, 11) is -1.32. The molecule has 3 aromatic carbocycles. The Morgan fingerprint density at radius 1 is 0.977 bits per heavy atom. The molecule has 0 saturated carbocycles. The average molecular weight is 630 g/mol. The van der Waals surface area contributed by atoms with Crippen molar-refractivity contribution in [2.75, 3.05) is 31.6 Å². The number of carbonyl (C=O) groups is 2. The zero-order chi connectivity index (χ0) is 31.6. The number of aryl methyl sites for hydroxylation is 1. The van der Waals surface area contributed by atoms with Gasteiger partial charge in [0.2, 0.25) is 11.8 Å². The number of ether oxygens (including phenoxy) is 2. The Labute approximate surface area is 259 Å². The van der Waals surface area contributed by atoms with Crippen LogP contribution in [0.5, 0.6) is 11.5 Å². The van der Waals surface area contributed by atoms with E-state index in [1.54, 1.807) is 49.6 Å². The van der Waals surface area contributed by atoms with Crippen molar-refractivity contribution in [3.63, 3.8) is 0 Å². The Morgan fingerprint density at radius 2 is 1.70 bits per heavy atom. The number of amides is 2. The Kier molecular flexibility index (Phi) is 12.3. The molecule has 0 aliphatic carbocycles. The fourth-order valence-corrected chi connectivity index (χ4v) is 6.18. The lowest BCUT2D eigenvalue weighted by atomic mass is 10.1. The highest BCUT2D eigenvalue weighted by Gasteiger charge is 2.35. The van der Waals surface area contributed by atoms with E-state index < -0.39 is 28.5 Å². The largest absolute Gasteiger partial charge is 0.497 e. The molecule has 1 unspecified atom stereocenters. The van der Waals surface area contributed by atoms with Crippen LogP contribution in [-0.4, -0.2) is 58.5 Å². The summed E-state index contributed by atoms with van der Waals surface area (Å²) in [5.74, 6) is -0.0623. The number of hydrogen-bond acceptors (Lipinski definition) is 6. The first-order valence-corrected chi connectivity index (χ1v) is 16.0. The predicted octanol–water partition coefficient (Wildman–Crippen LogP) is 5.58. The van der Waals surface area contributed by atoms with Crippen LogP contribution in [0.4, 0.5) is 5.69 Å². The van der Waals surface area contributed by atoms with Crippen LogP contribution in [0.15, 0.2) is 71.6 Å². The van der Waals surface area contributed by atoms with Crippen molar-refractivity contribution in [2.24, 2.45) is 0 Å². The first kappa shape index (κ1) is 33.7. The number of hydrogen-bond donors (Lipinski definition) is 1. The zero-order valence-electron chi connectivity index (χ0n) is 25.3. The maximum atomic E-state index is 14.3. The SMILES string of the molecule is CCCCNC(=O)C(CC)N(Cc1cccc(OC)c1)C(=O)CN(c1cc(Cl)ccc1OC)S(=O)(=O)c1ccc(C)cc1. The van der Waals surface area contributed by atoms with Crippen molar-refractivity contribution < 1.29 is 27.5 Å². The molecule has 2 amide bonds. The number of rotatable bonds is 15. The van der Waals surface area contributed by atoms with Crippen LogP contribution in [0.3, 0.4) is 0 Å². The number of carbonyl (C=O) groups excluding carboxylic acids is 2. The molecule has 0 radical (unpaired) electrons. The molecule has 1 atom stereocenters. The zero-order valence-corrected chi connectivity index (χ0v) is 26.9. The van der Waals surface area contributed by atoms with Gasteiger partial charge in [0, 0.05) is 18.1 Å². The minimum atomic E-state index is -4.28. The van der Waals surface area contributed by atoms with Gasteiger partial charge in [-0.05, 0) is 67.8 Å². The number of anilines is 1. The lowest BCUT2D eigenvalue weighted by Crippen LogP contribution is -2.52. The second-order valence-corrected chi connectivity index (χ2v) is 12.4. The maximum absolute atomic E-state index is 14.3. The molecule has 0 saturated heterocycles. The molecule has 0 bridgehead atoms. The van der Waals surface area contributed by atoms with E-state index in [-0.39, 0.29) is 33.8 Å². The minimum absolute atomic E-state index is 0.00313. The van der Waals surface area contributed by atoms with Gasteiger partial charge in [0.1, 0.15) is 24.1 Å². The lowest BCUT2D eigenvalue weighted by Gasteiger charge is -2.33. The summed E-state index contributed by atoms with van der Waals surface area (Å²) in [6.07, 6.45) is 2.01. The van der Waals surface area contributed by atoms with Crippen LogP contribution in [0.1, 0.15) is 44.2 Å². The Bertz CT molecular complexity index is 1500. The van der Waals surface area contributed by atoms with Crippen molar-refractivity contribution in [2.45, 2.75) is 57.5 Å². The van der Waals surface area contributed by atoms with Crippen molar-refractivity contribution in [1.29, 1.82) is 0 Å². The molecule has 3 rings (SSSR count). The summed E-state index contributed by atoms with van der Waals surface area (Å²) in [4.78, 5) is 29.1. The average Bonchev–Trinajstić information content (AvgIpc) is 3.00. The normalized spacial score (nSPS) is 11.9. The van der Waals surface area contributed by atoms with Crippen molar-refractivity contribution in [1.82, 2.24) is 10.2 Å². The predicted molar refractivity (Wildman–Crippen MR) is 169 cm³/mol. The highest BCUT2D eigenvalue weighted by molar-refractivity contribution is 7.92. The maximum Gasteiger partial charge on any atom is 0.264 e. The van der Waals surface area contributed by atoms with Crippen LogP contribution in [0.25, 0.3) is 0 Å². The van der Waals surface area contributed by atoms with Gasteiger partial charge in [0.25, 0.3) is 10.0 Å². The molecule has 1 N–H and O–H groups in total. The van der Waals surface area contributed by atoms with Gasteiger partial charge in [-0.25, -0.2) is 8.42 Å². The van der Waals surface area contributed by atoms with Crippen LogP contribution in [0.2, 0.25) is 5.02 Å². The third kappa shape index (κ3) is 8.64. The van der Waals surface area contributed by atoms with E-state index in [0.29, 0.717) is 18.7 Å². The monoisotopic (exact) mass is 629 g/mol. The quantitative estimate of drug-likeness (QED) is 0.220. The summed E-state index contributed by atoms with van der Waals surface area (Å²) >= 11 is 6.31. The Balaban J connectivity index is 2.11. The summed E-state index contributed by atoms with van der Waals surface area (Å²) in [6.45, 7) is 5.62. The van der Waals surface area contributed by atoms with Gasteiger partial charge in [-0.2, -0.15) is 0 Å². The first-order chi connectivity index (χ1) is 20.5. The molecule has 43 heavy (non-hydrogen) atoms. The van der Waals surface area contributed by atoms with E-state index in [1.807, 2.05) is 26.8 Å². The minimum Gasteiger partial charge on any atom is -0.497 e. The number of sulfonamides is 1. The number of benzene rings is 3. The van der Waals surface area contributed by atoms with Crippen LogP contribution in [-0.2, 0) is 26.2 Å². The summed E-state index contributed by atoms with van der Waals surface area (Å²) < 4.78 is 40.1. The van der Waals surface area contributed by atoms with Crippen molar-refractivity contribution >= 4 is 39.1 Å². The number of nitrogens with one attached hydrogen (secondary N) is 1. The molecule has 0 spiro atoms. The van der Waals surface area contributed by atoms with Crippen LogP contribution >= 0.6 is 11.6 Å². The van der Waals surface area contributed by atoms with E-state index in [0.717, 1.165) is 28.3 Å². The third-order valence-electron chi connectivity index (χ3n) is 7.00. The Morgan fingerprint density at radius 3 is 2.33 bits per heavy atom. The second-order valence-electron chi connectivity index (χ2n) is 10.1. The molecule has 0 heterocycles. The molecule has 232 valence electrons. The van der Waals surface area contributed by atoms with Gasteiger partial charge in [0.15, 0.2) is 0 Å². The molecule has 3 aromatic rings. The van der Waals surface area contributed by atoms with Gasteiger partial charge in [-0.3, -0.25) is 13.9 Å². The number of unbranched alkanes of at least 4 members (excludes halogenated alkanes) is 1. The lowest BCUT2D eigenvalue weighted by molar-refractivity contribution is -0.140. The highest BCUT2D eigenvalue weighted by Crippen LogP contribution is 2.35. The molecule has 0 aromatic heterocycles. The summed E-state index contributed by atoms with van der Waals surface area (Å²) in [5, 5.41) is 3.19. The fraction of sp³-hybridized carbons (Fsp3) is 0.375. The van der Waals surface area contributed by atoms with E-state index in [1.165, 1.54) is 30.2 Å². The number of halogens is 1. The smallest absolute Gasteiger partial charge is 0.264 e. The van der Waals surface area contributed by atoms with Gasteiger partial charge in [0.05, 0.1) is 24.8 Å². The summed E-state index contributed by atoms with van der Waals surface area (Å²) in [6, 6.07) is 17.3. The van der Waals surface area contributed by atoms with Crippen LogP contribution < -0.4 is 19.1 Å². The molecular weight excluding hydrogens is 590 g/mol. The van der Waals surface area contributed by atoms with Gasteiger partial charge in [-0.1, -0.05) is 61.7 Å². The fourth-order valence-electron chi connectivity index (χ4n) is 4.60. The van der Waals surface area contributed by atoms with E-state index in [2.05, 4.69) is 5.32 Å². The van der Waals surface area contributed by atoms with Gasteiger partial charge in [-0.15, -0.1) is 0 Å². The first-order valence-electron chi connectivity index (χ1n) is 14.2. The van der Waals surface area contributed by atoms with Gasteiger partial charge >= 0.3 is 0 Å². The van der Waals surface area contributed by atoms with Crippen LogP contribution in [0, 0.1) is 6.92 Å². The molecular formula is C32H40ClN3O6S. The molecule has 9 nitrogen and oxygen atoms in total. The topological polar surface area (TPSA) is 105 Å². The van der Waals surface area contributed by atoms with E-state index in [4.69, 9.17) is 21.1 Å². The number of nitrogens with zero attached hydrogens (tertiary/aromatic N) is 2. The second kappa shape index (κ2) is 15.6. The Hall–Kier alpha value is -3.76. The molecule has 0 aliphatic rings. The number of methoxy groups -OCH3 is 2. The van der Waals surface area contributed by atoms with Crippen molar-refractivity contribution in [3.05, 3.63) is 82.9 Å². The van der Waals surface area contributed by atoms with Crippen molar-refractivity contribution in [3.8, 4) is 11.5 Å². The van der Waals surface area contributed by atoms with E-state index >= 15 is 0 Å². The highest BCUT2D eigenvalue weighted by atomic mass is 35.5.